The molecule has 0 spiro atoms. The van der Waals surface area contributed by atoms with Crippen molar-refractivity contribution in [1.82, 2.24) is 43.3 Å². The van der Waals surface area contributed by atoms with Gasteiger partial charge in [0.1, 0.15) is 9.84 Å². The van der Waals surface area contributed by atoms with Crippen LogP contribution in [0, 0.1) is 0 Å². The second-order valence-corrected chi connectivity index (χ2v) is 42.3. The Hall–Kier alpha value is 1.99. The number of nitrogens with zero attached hydrogens (tertiary/aromatic N) is 6. The van der Waals surface area contributed by atoms with Crippen LogP contribution in [0.5, 0.6) is 0 Å². The van der Waals surface area contributed by atoms with E-state index in [4.69, 9.17) is 0 Å². The molecule has 0 aromatic heterocycles. The van der Waals surface area contributed by atoms with Gasteiger partial charge in [-0.1, -0.05) is 0 Å². The Labute approximate surface area is 179 Å². The molecule has 10 nitrogen and oxygen atoms in total. The summed E-state index contributed by atoms with van der Waals surface area (Å²) >= 11 is 0. The summed E-state index contributed by atoms with van der Waals surface area (Å²) in [6, 6.07) is 0. The van der Waals surface area contributed by atoms with Gasteiger partial charge in [-0.3, -0.25) is 0 Å². The van der Waals surface area contributed by atoms with E-state index in [0.717, 1.165) is 0 Å². The molecule has 0 aromatic rings. The Morgan fingerprint density at radius 1 is 0.800 bits per heavy atom. The van der Waals surface area contributed by atoms with E-state index in [0.29, 0.717) is 0 Å². The molecular formula is C4H38N10Si11. The van der Waals surface area contributed by atoms with Crippen molar-refractivity contribution < 1.29 is 0 Å². The van der Waals surface area contributed by atoms with Crippen LogP contribution in [0.15, 0.2) is 0 Å². The van der Waals surface area contributed by atoms with Crippen LogP contribution in [-0.4, -0.2) is 161 Å². The van der Waals surface area contributed by atoms with Crippen LogP contribution in [0.4, 0.5) is 0 Å². The number of nitrogens with one attached hydrogen (secondary N) is 4. The van der Waals surface area contributed by atoms with Gasteiger partial charge in [0.15, 0.2) is 98.4 Å². The molecule has 2 aliphatic heterocycles. The molecule has 0 unspecified atom stereocenters. The molecular weight excluding hydrogens is 497 g/mol. The fraction of sp³-hybridized carbons (Fsp3) is 1.00. The molecule has 0 aliphatic carbocycles. The van der Waals surface area contributed by atoms with Crippen LogP contribution in [0.1, 0.15) is 0 Å². The minimum atomic E-state index is -0.150. The summed E-state index contributed by atoms with van der Waals surface area (Å²) in [7, 11) is 7.99. The molecule has 2 heterocycles. The first-order chi connectivity index (χ1) is 12.0. The lowest BCUT2D eigenvalue weighted by atomic mass is 11.3. The second-order valence-electron chi connectivity index (χ2n) is 7.49. The van der Waals surface area contributed by atoms with Gasteiger partial charge in [0.05, 0.1) is 0 Å². The first-order valence-corrected chi connectivity index (χ1v) is 23.6. The van der Waals surface area contributed by atoms with Crippen LogP contribution in [0.25, 0.3) is 0 Å². The summed E-state index contributed by atoms with van der Waals surface area (Å²) in [6.45, 7) is 0. The molecule has 0 amide bonds. The molecule has 0 radical (unpaired) electrons. The maximum Gasteiger partial charge on any atom is 0.166 e. The third-order valence-electron chi connectivity index (χ3n) is 4.14. The van der Waals surface area contributed by atoms with Gasteiger partial charge in [-0.15, -0.1) is 0 Å². The summed E-state index contributed by atoms with van der Waals surface area (Å²) in [5.74, 6) is 0. The zero-order chi connectivity index (χ0) is 18.1. The van der Waals surface area contributed by atoms with Crippen LogP contribution in [-0.2, 0) is 0 Å². The van der Waals surface area contributed by atoms with Crippen LogP contribution in [0.2, 0.25) is 0 Å². The lowest BCUT2D eigenvalue weighted by Crippen LogP contribution is -2.67. The van der Waals surface area contributed by atoms with Gasteiger partial charge in [-0.25, -0.2) is 0 Å². The van der Waals surface area contributed by atoms with Gasteiger partial charge in [-0.05, 0) is 28.2 Å². The molecule has 2 fully saturated rings. The molecule has 0 atom stereocenters. The highest BCUT2D eigenvalue weighted by Crippen LogP contribution is 1.91. The van der Waals surface area contributed by atoms with Crippen molar-refractivity contribution in [3.63, 3.8) is 0 Å². The van der Waals surface area contributed by atoms with Crippen molar-refractivity contribution in [2.75, 3.05) is 28.2 Å². The SMILES string of the molecule is CN(C)[SiH2]N(C)[SiH2]N1[SiH2]N[SiH2]N([SiH2]N[SiH2]N2[SiH2]N[SiH2]N(C)[SiH2]N[SiH2]2)[SiH2]1. The monoisotopic (exact) mass is 534 g/mol. The van der Waals surface area contributed by atoms with Gasteiger partial charge in [-0.2, -0.15) is 0 Å². The van der Waals surface area contributed by atoms with E-state index in [1.807, 2.05) is 0 Å². The third-order valence-corrected chi connectivity index (χ3v) is 32.0. The van der Waals surface area contributed by atoms with E-state index in [2.05, 4.69) is 71.5 Å². The lowest BCUT2D eigenvalue weighted by molar-refractivity contribution is 0.599. The van der Waals surface area contributed by atoms with Gasteiger partial charge >= 0.3 is 0 Å². The fourth-order valence-corrected chi connectivity index (χ4v) is 54.7. The number of hydrogen-bond donors (Lipinski definition) is 4. The minimum Gasteiger partial charge on any atom is -0.348 e. The fourth-order valence-electron chi connectivity index (χ4n) is 3.21. The molecule has 2 rings (SSSR count). The molecule has 21 heteroatoms. The highest BCUT2D eigenvalue weighted by Gasteiger charge is 2.20. The topological polar surface area (TPSA) is 67.6 Å². The summed E-state index contributed by atoms with van der Waals surface area (Å²) in [6.07, 6.45) is 0. The Balaban J connectivity index is 1.61. The van der Waals surface area contributed by atoms with E-state index < -0.39 is 0 Å². The molecule has 0 aromatic carbocycles. The maximum absolute atomic E-state index is 4.05. The van der Waals surface area contributed by atoms with Crippen molar-refractivity contribution >= 4 is 108 Å². The van der Waals surface area contributed by atoms with Gasteiger partial charge in [0.2, 0.25) is 0 Å². The molecule has 25 heavy (non-hydrogen) atoms. The highest BCUT2D eigenvalue weighted by atomic mass is 28.4. The predicted octanol–water partition coefficient (Wildman–Crippen LogP) is -13.3. The van der Waals surface area contributed by atoms with Gasteiger partial charge in [0, 0.05) is 0 Å². The predicted molar refractivity (Wildman–Crippen MR) is 141 cm³/mol. The van der Waals surface area contributed by atoms with Crippen molar-refractivity contribution in [2.45, 2.75) is 0 Å². The summed E-state index contributed by atoms with van der Waals surface area (Å²) < 4.78 is 32.4. The van der Waals surface area contributed by atoms with Gasteiger partial charge < -0.3 is 43.3 Å². The lowest BCUT2D eigenvalue weighted by Gasteiger charge is -2.38. The average molecular weight is 535 g/mol. The van der Waals surface area contributed by atoms with Crippen LogP contribution < -0.4 is 18.6 Å². The van der Waals surface area contributed by atoms with Crippen LogP contribution >= 0.6 is 0 Å². The van der Waals surface area contributed by atoms with E-state index in [1.54, 1.807) is 0 Å². The largest absolute Gasteiger partial charge is 0.348 e. The van der Waals surface area contributed by atoms with Crippen molar-refractivity contribution in [2.24, 2.45) is 0 Å². The number of rotatable bonds is 8. The molecule has 148 valence electrons. The molecule has 0 bridgehead atoms. The number of hydrogen-bond acceptors (Lipinski definition) is 10. The van der Waals surface area contributed by atoms with Crippen molar-refractivity contribution in [1.29, 1.82) is 0 Å². The molecule has 2 saturated heterocycles. The van der Waals surface area contributed by atoms with E-state index in [9.17, 15) is 0 Å². The minimum absolute atomic E-state index is 0.0556. The summed E-state index contributed by atoms with van der Waals surface area (Å²) in [5.41, 5.74) is 0. The normalized spacial score (nSPS) is 31.9. The molecule has 4 N–H and O–H groups in total. The molecule has 0 saturated carbocycles. The zero-order valence-corrected chi connectivity index (χ0v) is 32.0. The second kappa shape index (κ2) is 13.3. The van der Waals surface area contributed by atoms with E-state index in [-0.39, 0.29) is 108 Å². The van der Waals surface area contributed by atoms with Crippen molar-refractivity contribution in [3.05, 3.63) is 0 Å². The Morgan fingerprint density at radius 2 is 1.36 bits per heavy atom. The standard InChI is InChI=1S/C4H38N10Si11/c1-9(2)23-11(4)24-14-22-8-21-13(25-14)20-7-19-12-17-5-15-10(3)16-6-18-12/h5-8H,15-25H2,1-4H3. The highest BCUT2D eigenvalue weighted by molar-refractivity contribution is 6.81. The third kappa shape index (κ3) is 10.4. The Kier molecular flexibility index (Phi) is 12.3. The maximum atomic E-state index is 4.05. The molecule has 2 aliphatic rings. The zero-order valence-electron chi connectivity index (χ0n) is 16.5. The van der Waals surface area contributed by atoms with E-state index in [1.165, 1.54) is 0 Å². The smallest absolute Gasteiger partial charge is 0.166 e. The summed E-state index contributed by atoms with van der Waals surface area (Å²) in [5, 5.41) is 0. The van der Waals surface area contributed by atoms with Crippen molar-refractivity contribution in [3.8, 4) is 0 Å². The van der Waals surface area contributed by atoms with Crippen LogP contribution in [0.3, 0.4) is 0 Å². The Bertz CT molecular complexity index is 358. The van der Waals surface area contributed by atoms with Gasteiger partial charge in [0.25, 0.3) is 0 Å². The quantitative estimate of drug-likeness (QED) is 0.226. The summed E-state index contributed by atoms with van der Waals surface area (Å²) in [4.78, 5) is 0. The first kappa shape index (κ1) is 23.3. The van der Waals surface area contributed by atoms with E-state index >= 15 is 0 Å². The average Bonchev–Trinajstić information content (AvgIpc) is 2.51. The first-order valence-electron chi connectivity index (χ1n) is 9.04. The Morgan fingerprint density at radius 3 is 2.04 bits per heavy atom.